The minimum absolute atomic E-state index is 0. The lowest BCUT2D eigenvalue weighted by Gasteiger charge is -2.39. The van der Waals surface area contributed by atoms with Crippen LogP contribution < -0.4 is 10.1 Å². The number of nitrogens with zero attached hydrogens (tertiary/aromatic N) is 4. The predicted octanol–water partition coefficient (Wildman–Crippen LogP) is 3.46. The lowest BCUT2D eigenvalue weighted by Crippen LogP contribution is -2.46. The Hall–Kier alpha value is -1.55. The molecule has 8 heteroatoms. The Morgan fingerprint density at radius 1 is 1.22 bits per heavy atom. The normalized spacial score (nSPS) is 19.1. The van der Waals surface area contributed by atoms with Crippen LogP contribution in [-0.2, 0) is 4.79 Å². The molecule has 2 rings (SSSR count). The van der Waals surface area contributed by atoms with Gasteiger partial charge < -0.3 is 19.9 Å². The summed E-state index contributed by atoms with van der Waals surface area (Å²) in [4.78, 5) is 23.7. The molecule has 0 aliphatic carbocycles. The SMILES string of the molecule is CCNC(=NCC1CCCN(C)C1c1ccc(OC)cc1)N(C)CC(=O)N(CC)CC.I. The molecule has 0 radical (unpaired) electrons. The average Bonchev–Trinajstić information content (AvgIpc) is 2.77. The topological polar surface area (TPSA) is 60.4 Å². The molecule has 1 saturated heterocycles. The van der Waals surface area contributed by atoms with E-state index in [1.165, 1.54) is 12.0 Å². The number of likely N-dealkylation sites (N-methyl/N-ethyl adjacent to an activating group) is 2. The zero-order valence-electron chi connectivity index (χ0n) is 20.6. The Bertz CT molecular complexity index is 709. The van der Waals surface area contributed by atoms with E-state index in [4.69, 9.17) is 9.73 Å². The third-order valence-electron chi connectivity index (χ3n) is 6.13. The molecule has 2 unspecified atom stereocenters. The van der Waals surface area contributed by atoms with Crippen molar-refractivity contribution in [3.05, 3.63) is 29.8 Å². The second kappa shape index (κ2) is 14.6. The first kappa shape index (κ1) is 28.5. The molecule has 0 bridgehead atoms. The Morgan fingerprint density at radius 3 is 2.44 bits per heavy atom. The summed E-state index contributed by atoms with van der Waals surface area (Å²) < 4.78 is 5.33. The number of aliphatic imine (C=N–C) groups is 1. The maximum Gasteiger partial charge on any atom is 0.242 e. The molecule has 0 aromatic heterocycles. The average molecular weight is 560 g/mol. The number of likely N-dealkylation sites (tertiary alicyclic amines) is 1. The van der Waals surface area contributed by atoms with Gasteiger partial charge in [-0.25, -0.2) is 0 Å². The standard InChI is InChI=1S/C24H41N5O2.HI/c1-7-25-24(28(5)18-22(30)29(8-2)9-3)26-17-20-11-10-16-27(4)23(20)19-12-14-21(31-6)15-13-19;/h12-15,20,23H,7-11,16-18H2,1-6H3,(H,25,26);1H. The number of nitrogens with one attached hydrogen (secondary N) is 1. The van der Waals surface area contributed by atoms with E-state index in [0.717, 1.165) is 50.9 Å². The highest BCUT2D eigenvalue weighted by Crippen LogP contribution is 2.35. The van der Waals surface area contributed by atoms with Gasteiger partial charge in [0.25, 0.3) is 0 Å². The summed E-state index contributed by atoms with van der Waals surface area (Å²) in [6.45, 7) is 10.5. The third-order valence-corrected chi connectivity index (χ3v) is 6.13. The van der Waals surface area contributed by atoms with Crippen molar-refractivity contribution in [1.29, 1.82) is 0 Å². The molecule has 7 nitrogen and oxygen atoms in total. The van der Waals surface area contributed by atoms with Crippen molar-refractivity contribution in [2.45, 2.75) is 39.7 Å². The lowest BCUT2D eigenvalue weighted by molar-refractivity contribution is -0.131. The molecule has 0 spiro atoms. The Morgan fingerprint density at radius 2 is 1.88 bits per heavy atom. The van der Waals surface area contributed by atoms with E-state index in [1.54, 1.807) is 7.11 Å². The monoisotopic (exact) mass is 559 g/mol. The van der Waals surface area contributed by atoms with Gasteiger partial charge in [0.1, 0.15) is 5.75 Å². The number of hydrogen-bond donors (Lipinski definition) is 1. The number of guanidine groups is 1. The minimum Gasteiger partial charge on any atom is -0.497 e. The van der Waals surface area contributed by atoms with Crippen molar-refractivity contribution in [1.82, 2.24) is 20.0 Å². The quantitative estimate of drug-likeness (QED) is 0.286. The van der Waals surface area contributed by atoms with Gasteiger partial charge in [-0.15, -0.1) is 24.0 Å². The summed E-state index contributed by atoms with van der Waals surface area (Å²) in [6.07, 6.45) is 2.32. The number of halogens is 1. The minimum atomic E-state index is 0. The second-order valence-corrected chi connectivity index (χ2v) is 8.22. The van der Waals surface area contributed by atoms with Crippen LogP contribution in [0.15, 0.2) is 29.3 Å². The van der Waals surface area contributed by atoms with E-state index in [0.29, 0.717) is 18.5 Å². The largest absolute Gasteiger partial charge is 0.497 e. The van der Waals surface area contributed by atoms with Crippen molar-refractivity contribution >= 4 is 35.8 Å². The van der Waals surface area contributed by atoms with Crippen LogP contribution in [0.5, 0.6) is 5.75 Å². The first-order valence-electron chi connectivity index (χ1n) is 11.6. The fourth-order valence-electron chi connectivity index (χ4n) is 4.41. The molecule has 1 fully saturated rings. The maximum absolute atomic E-state index is 12.5. The summed E-state index contributed by atoms with van der Waals surface area (Å²) >= 11 is 0. The van der Waals surface area contributed by atoms with E-state index in [-0.39, 0.29) is 29.9 Å². The third kappa shape index (κ3) is 7.79. The summed E-state index contributed by atoms with van der Waals surface area (Å²) in [5, 5.41) is 3.36. The molecule has 1 aromatic carbocycles. The number of rotatable bonds is 9. The van der Waals surface area contributed by atoms with E-state index < -0.39 is 0 Å². The van der Waals surface area contributed by atoms with Gasteiger partial charge in [0.05, 0.1) is 13.7 Å². The van der Waals surface area contributed by atoms with Crippen LogP contribution in [0.1, 0.15) is 45.2 Å². The molecule has 32 heavy (non-hydrogen) atoms. The fraction of sp³-hybridized carbons (Fsp3) is 0.667. The number of methoxy groups -OCH3 is 1. The number of carbonyl (C=O) groups excluding carboxylic acids is 1. The van der Waals surface area contributed by atoms with E-state index in [9.17, 15) is 4.79 Å². The first-order valence-corrected chi connectivity index (χ1v) is 11.6. The van der Waals surface area contributed by atoms with Gasteiger partial charge in [0, 0.05) is 39.3 Å². The molecule has 1 N–H and O–H groups in total. The molecule has 0 saturated carbocycles. The van der Waals surface area contributed by atoms with Crippen LogP contribution in [0.2, 0.25) is 0 Å². The molecular weight excluding hydrogens is 517 g/mol. The number of piperidine rings is 1. The number of ether oxygens (including phenoxy) is 1. The molecular formula is C24H42IN5O2. The van der Waals surface area contributed by atoms with E-state index in [2.05, 4.69) is 36.3 Å². The van der Waals surface area contributed by atoms with Crippen molar-refractivity contribution in [3.8, 4) is 5.75 Å². The predicted molar refractivity (Wildman–Crippen MR) is 143 cm³/mol. The molecule has 1 heterocycles. The van der Waals surface area contributed by atoms with Crippen molar-refractivity contribution in [2.24, 2.45) is 10.9 Å². The van der Waals surface area contributed by atoms with Crippen LogP contribution in [0.4, 0.5) is 0 Å². The highest BCUT2D eigenvalue weighted by molar-refractivity contribution is 14.0. The number of carbonyl (C=O) groups is 1. The van der Waals surface area contributed by atoms with Gasteiger partial charge in [-0.3, -0.25) is 14.7 Å². The van der Waals surface area contributed by atoms with Crippen LogP contribution in [-0.4, -0.2) is 87.0 Å². The molecule has 1 amide bonds. The van der Waals surface area contributed by atoms with Gasteiger partial charge in [-0.2, -0.15) is 0 Å². The summed E-state index contributed by atoms with van der Waals surface area (Å²) in [7, 11) is 5.84. The lowest BCUT2D eigenvalue weighted by atomic mass is 9.85. The molecule has 1 aliphatic rings. The smallest absolute Gasteiger partial charge is 0.242 e. The maximum atomic E-state index is 12.5. The van der Waals surface area contributed by atoms with Gasteiger partial charge in [-0.05, 0) is 70.8 Å². The number of amides is 1. The Balaban J connectivity index is 0.00000512. The zero-order valence-corrected chi connectivity index (χ0v) is 23.0. The molecule has 182 valence electrons. The van der Waals surface area contributed by atoms with Crippen molar-refractivity contribution in [2.75, 3.05) is 60.5 Å². The Labute approximate surface area is 211 Å². The van der Waals surface area contributed by atoms with Crippen molar-refractivity contribution < 1.29 is 9.53 Å². The van der Waals surface area contributed by atoms with Crippen LogP contribution in [0.3, 0.4) is 0 Å². The van der Waals surface area contributed by atoms with Gasteiger partial charge >= 0.3 is 0 Å². The highest BCUT2D eigenvalue weighted by Gasteiger charge is 2.30. The molecule has 2 atom stereocenters. The highest BCUT2D eigenvalue weighted by atomic mass is 127. The molecule has 1 aromatic rings. The zero-order chi connectivity index (χ0) is 22.8. The van der Waals surface area contributed by atoms with Crippen LogP contribution in [0, 0.1) is 5.92 Å². The molecule has 1 aliphatic heterocycles. The Kier molecular flexibility index (Phi) is 13.0. The van der Waals surface area contributed by atoms with Crippen LogP contribution in [0.25, 0.3) is 0 Å². The van der Waals surface area contributed by atoms with E-state index >= 15 is 0 Å². The second-order valence-electron chi connectivity index (χ2n) is 8.22. The van der Waals surface area contributed by atoms with Gasteiger partial charge in [0.15, 0.2) is 5.96 Å². The van der Waals surface area contributed by atoms with Crippen LogP contribution >= 0.6 is 24.0 Å². The van der Waals surface area contributed by atoms with Gasteiger partial charge in [0.2, 0.25) is 5.91 Å². The number of benzene rings is 1. The van der Waals surface area contributed by atoms with Crippen molar-refractivity contribution in [3.63, 3.8) is 0 Å². The summed E-state index contributed by atoms with van der Waals surface area (Å²) in [5.41, 5.74) is 1.30. The first-order chi connectivity index (χ1) is 14.9. The van der Waals surface area contributed by atoms with Gasteiger partial charge in [-0.1, -0.05) is 12.1 Å². The summed E-state index contributed by atoms with van der Waals surface area (Å²) in [5.74, 6) is 2.23. The number of hydrogen-bond acceptors (Lipinski definition) is 4. The fourth-order valence-corrected chi connectivity index (χ4v) is 4.41. The van der Waals surface area contributed by atoms with E-state index in [1.807, 2.05) is 42.8 Å². The summed E-state index contributed by atoms with van der Waals surface area (Å²) in [6, 6.07) is 8.74.